The zero-order chi connectivity index (χ0) is 14.0. The Hall–Kier alpha value is -0.990. The maximum Gasteiger partial charge on any atom is 0.304 e. The summed E-state index contributed by atoms with van der Waals surface area (Å²) < 4.78 is 23.3. The summed E-state index contributed by atoms with van der Waals surface area (Å²) in [6.07, 6.45) is -0.142. The molecule has 8 heteroatoms. The molecule has 1 aliphatic rings. The summed E-state index contributed by atoms with van der Waals surface area (Å²) in [5.41, 5.74) is 2.67. The Labute approximate surface area is 116 Å². The number of carboxylic acids is 1. The first-order valence-electron chi connectivity index (χ1n) is 5.92. The number of thiazole rings is 1. The Morgan fingerprint density at radius 2 is 2.37 bits per heavy atom. The lowest BCUT2D eigenvalue weighted by molar-refractivity contribution is -0.138. The van der Waals surface area contributed by atoms with Crippen LogP contribution in [0.25, 0.3) is 0 Å². The zero-order valence-corrected chi connectivity index (χ0v) is 12.2. The number of aryl methyl sites for hydroxylation is 1. The molecule has 1 aliphatic heterocycles. The van der Waals surface area contributed by atoms with E-state index in [9.17, 15) is 13.2 Å². The predicted molar refractivity (Wildman–Crippen MR) is 72.0 cm³/mol. The minimum absolute atomic E-state index is 0.0723. The van der Waals surface area contributed by atoms with E-state index in [4.69, 9.17) is 5.11 Å². The van der Waals surface area contributed by atoms with Crippen molar-refractivity contribution in [3.8, 4) is 0 Å². The van der Waals surface area contributed by atoms with Gasteiger partial charge < -0.3 is 5.11 Å². The lowest BCUT2D eigenvalue weighted by Crippen LogP contribution is -2.48. The van der Waals surface area contributed by atoms with Gasteiger partial charge in [-0.2, -0.15) is 0 Å². The topological polar surface area (TPSA) is 87.6 Å². The lowest BCUT2D eigenvalue weighted by Gasteiger charge is -2.34. The highest BCUT2D eigenvalue weighted by atomic mass is 32.2. The Bertz CT molecular complexity index is 567. The van der Waals surface area contributed by atoms with Gasteiger partial charge >= 0.3 is 5.97 Å². The summed E-state index contributed by atoms with van der Waals surface area (Å²) >= 11 is 1.51. The van der Waals surface area contributed by atoms with Gasteiger partial charge in [0.05, 0.1) is 29.1 Å². The first-order valence-corrected chi connectivity index (χ1v) is 8.63. The number of carbonyl (C=O) groups is 1. The van der Waals surface area contributed by atoms with Gasteiger partial charge in [0.15, 0.2) is 9.84 Å². The second kappa shape index (κ2) is 5.56. The highest BCUT2D eigenvalue weighted by molar-refractivity contribution is 7.91. The molecular weight excluding hydrogens is 288 g/mol. The number of nitrogens with zero attached hydrogens (tertiary/aromatic N) is 2. The fourth-order valence-corrected chi connectivity index (χ4v) is 4.58. The summed E-state index contributed by atoms with van der Waals surface area (Å²) in [5.74, 6) is -0.939. The highest BCUT2D eigenvalue weighted by Gasteiger charge is 2.32. The van der Waals surface area contributed by atoms with E-state index in [1.165, 1.54) is 11.3 Å². The van der Waals surface area contributed by atoms with E-state index in [0.29, 0.717) is 13.1 Å². The van der Waals surface area contributed by atoms with Crippen molar-refractivity contribution in [1.82, 2.24) is 9.88 Å². The van der Waals surface area contributed by atoms with Crippen molar-refractivity contribution in [3.63, 3.8) is 0 Å². The van der Waals surface area contributed by atoms with Crippen molar-refractivity contribution < 1.29 is 18.3 Å². The zero-order valence-electron chi connectivity index (χ0n) is 10.6. The molecule has 0 bridgehead atoms. The average molecular weight is 304 g/mol. The molecule has 2 heterocycles. The normalized spacial score (nSPS) is 23.3. The van der Waals surface area contributed by atoms with Crippen LogP contribution in [0.4, 0.5) is 0 Å². The summed E-state index contributed by atoms with van der Waals surface area (Å²) in [6, 6.07) is -0.447. The third-order valence-corrected chi connectivity index (χ3v) is 5.87. The van der Waals surface area contributed by atoms with Gasteiger partial charge in [-0.3, -0.25) is 9.69 Å². The van der Waals surface area contributed by atoms with Gasteiger partial charge in [0.1, 0.15) is 0 Å². The van der Waals surface area contributed by atoms with E-state index >= 15 is 0 Å². The monoisotopic (exact) mass is 304 g/mol. The van der Waals surface area contributed by atoms with Gasteiger partial charge in [0, 0.05) is 24.0 Å². The molecule has 0 radical (unpaired) electrons. The molecule has 1 aromatic heterocycles. The SMILES string of the molecule is Cc1ncsc1CN1CCS(=O)(=O)CC1CC(=O)O. The number of aromatic nitrogens is 1. The Balaban J connectivity index is 2.13. The van der Waals surface area contributed by atoms with Gasteiger partial charge in [0.2, 0.25) is 0 Å². The Morgan fingerprint density at radius 1 is 1.63 bits per heavy atom. The molecule has 2 rings (SSSR count). The van der Waals surface area contributed by atoms with Gasteiger partial charge in [0.25, 0.3) is 0 Å². The number of hydrogen-bond acceptors (Lipinski definition) is 6. The maximum absolute atomic E-state index is 11.6. The van der Waals surface area contributed by atoms with Gasteiger partial charge in [-0.15, -0.1) is 11.3 Å². The molecule has 0 aromatic carbocycles. The van der Waals surface area contributed by atoms with E-state index in [2.05, 4.69) is 4.98 Å². The maximum atomic E-state index is 11.6. The standard InChI is InChI=1S/C11H16N2O4S2/c1-8-10(18-7-12-8)5-13-2-3-19(16,17)6-9(13)4-11(14)15/h7,9H,2-6H2,1H3,(H,14,15). The van der Waals surface area contributed by atoms with E-state index in [1.54, 1.807) is 5.51 Å². The van der Waals surface area contributed by atoms with E-state index in [1.807, 2.05) is 11.8 Å². The molecule has 1 unspecified atom stereocenters. The molecule has 0 amide bonds. The summed E-state index contributed by atoms with van der Waals surface area (Å²) in [4.78, 5) is 18.0. The molecule has 1 aromatic rings. The molecule has 1 atom stereocenters. The van der Waals surface area contributed by atoms with Crippen LogP contribution in [0.15, 0.2) is 5.51 Å². The Kier molecular flexibility index (Phi) is 4.22. The second-order valence-corrected chi connectivity index (χ2v) is 7.87. The van der Waals surface area contributed by atoms with Crippen LogP contribution >= 0.6 is 11.3 Å². The molecular formula is C11H16N2O4S2. The number of rotatable bonds is 4. The molecule has 0 saturated carbocycles. The second-order valence-electron chi connectivity index (χ2n) is 4.70. The first-order chi connectivity index (χ1) is 8.87. The van der Waals surface area contributed by atoms with E-state index < -0.39 is 21.8 Å². The summed E-state index contributed by atoms with van der Waals surface area (Å²) in [5, 5.41) is 8.90. The predicted octanol–water partition coefficient (Wildman–Crippen LogP) is 0.525. The molecule has 1 fully saturated rings. The van der Waals surface area contributed by atoms with Crippen LogP contribution in [0.2, 0.25) is 0 Å². The van der Waals surface area contributed by atoms with Crippen molar-refractivity contribution in [2.24, 2.45) is 0 Å². The molecule has 6 nitrogen and oxygen atoms in total. The minimum Gasteiger partial charge on any atom is -0.481 e. The minimum atomic E-state index is -3.12. The summed E-state index contributed by atoms with van der Waals surface area (Å²) in [7, 11) is -3.12. The molecule has 19 heavy (non-hydrogen) atoms. The average Bonchev–Trinajstić information content (AvgIpc) is 2.67. The van der Waals surface area contributed by atoms with Crippen LogP contribution in [0.3, 0.4) is 0 Å². The third kappa shape index (κ3) is 3.74. The number of sulfone groups is 1. The molecule has 106 valence electrons. The number of carboxylic acid groups (broad SMARTS) is 1. The van der Waals surface area contributed by atoms with Crippen molar-refractivity contribution in [3.05, 3.63) is 16.1 Å². The molecule has 1 saturated heterocycles. The van der Waals surface area contributed by atoms with Gasteiger partial charge in [-0.25, -0.2) is 13.4 Å². The lowest BCUT2D eigenvalue weighted by atomic mass is 10.2. The van der Waals surface area contributed by atoms with Crippen LogP contribution in [-0.2, 0) is 21.2 Å². The van der Waals surface area contributed by atoms with Crippen molar-refractivity contribution >= 4 is 27.1 Å². The highest BCUT2D eigenvalue weighted by Crippen LogP contribution is 2.21. The van der Waals surface area contributed by atoms with Crippen molar-refractivity contribution in [2.45, 2.75) is 25.9 Å². The number of hydrogen-bond donors (Lipinski definition) is 1. The van der Waals surface area contributed by atoms with Crippen molar-refractivity contribution in [2.75, 3.05) is 18.1 Å². The van der Waals surface area contributed by atoms with Gasteiger partial charge in [-0.1, -0.05) is 0 Å². The quantitative estimate of drug-likeness (QED) is 0.873. The largest absolute Gasteiger partial charge is 0.481 e. The summed E-state index contributed by atoms with van der Waals surface area (Å²) in [6.45, 7) is 2.86. The van der Waals surface area contributed by atoms with Crippen molar-refractivity contribution in [1.29, 1.82) is 0 Å². The molecule has 1 N–H and O–H groups in total. The van der Waals surface area contributed by atoms with Crippen LogP contribution in [-0.4, -0.2) is 53.5 Å². The van der Waals surface area contributed by atoms with Crippen LogP contribution in [0, 0.1) is 6.92 Å². The number of aliphatic carboxylic acids is 1. The van der Waals surface area contributed by atoms with Crippen LogP contribution in [0.5, 0.6) is 0 Å². The van der Waals surface area contributed by atoms with Gasteiger partial charge in [-0.05, 0) is 6.92 Å². The van der Waals surface area contributed by atoms with Crippen LogP contribution < -0.4 is 0 Å². The van der Waals surface area contributed by atoms with E-state index in [0.717, 1.165) is 10.6 Å². The molecule has 0 spiro atoms. The van der Waals surface area contributed by atoms with Crippen LogP contribution in [0.1, 0.15) is 17.0 Å². The third-order valence-electron chi connectivity index (χ3n) is 3.25. The van der Waals surface area contributed by atoms with E-state index in [-0.39, 0.29) is 17.9 Å². The fourth-order valence-electron chi connectivity index (χ4n) is 2.18. The Morgan fingerprint density at radius 3 is 2.95 bits per heavy atom. The fraction of sp³-hybridized carbons (Fsp3) is 0.636. The first kappa shape index (κ1) is 14.4. The molecule has 0 aliphatic carbocycles. The smallest absolute Gasteiger partial charge is 0.304 e.